The van der Waals surface area contributed by atoms with E-state index in [1.165, 1.54) is 0 Å². The molecule has 0 bridgehead atoms. The van der Waals surface area contributed by atoms with Gasteiger partial charge in [-0.05, 0) is 11.1 Å². The summed E-state index contributed by atoms with van der Waals surface area (Å²) in [6.45, 7) is 0. The molecular weight excluding hydrogens is 647 g/mol. The van der Waals surface area contributed by atoms with Crippen molar-refractivity contribution in [3.63, 3.8) is 0 Å². The molecule has 0 saturated heterocycles. The summed E-state index contributed by atoms with van der Waals surface area (Å²) >= 11 is 0. The number of hydrogen-bond donors (Lipinski definition) is 0. The van der Waals surface area contributed by atoms with Crippen molar-refractivity contribution in [1.29, 1.82) is 0 Å². The van der Waals surface area contributed by atoms with Gasteiger partial charge in [-0.1, -0.05) is 60.7 Å². The Kier molecular flexibility index (Phi) is 6.94. The Labute approximate surface area is 263 Å². The van der Waals surface area contributed by atoms with Crippen molar-refractivity contribution in [3.8, 4) is 11.6 Å². The number of hydrogen-bond acceptors (Lipinski definition) is 10. The first-order chi connectivity index (χ1) is 21.3. The fourth-order valence-electron chi connectivity index (χ4n) is 5.28. The van der Waals surface area contributed by atoms with E-state index >= 15 is 0 Å². The fraction of sp³-hybridized carbons (Fsp3) is 0.0323. The van der Waals surface area contributed by atoms with Crippen LogP contribution in [0.5, 0.6) is 0 Å². The SMILES string of the molecule is [Pd+2].[c-]1nc2nccnc2n1-c1cncc(C(c2ccccc2)(c2ccccc2)c2cncc(-n3[c-]nc4nccnc43)n2)n1. The van der Waals surface area contributed by atoms with E-state index in [4.69, 9.17) is 9.97 Å². The molecule has 0 aliphatic heterocycles. The van der Waals surface area contributed by atoms with E-state index in [0.29, 0.717) is 45.6 Å². The molecule has 2 aromatic carbocycles. The van der Waals surface area contributed by atoms with Gasteiger partial charge in [0.1, 0.15) is 5.41 Å². The molecule has 0 unspecified atom stereocenters. The van der Waals surface area contributed by atoms with Crippen LogP contribution in [0.4, 0.5) is 0 Å². The average Bonchev–Trinajstić information content (AvgIpc) is 3.72. The van der Waals surface area contributed by atoms with Gasteiger partial charge in [0, 0.05) is 62.2 Å². The molecule has 212 valence electrons. The Hall–Kier alpha value is -5.64. The molecule has 0 radical (unpaired) electrons. The molecule has 0 fully saturated rings. The normalized spacial score (nSPS) is 11.5. The molecule has 0 amide bonds. The first kappa shape index (κ1) is 27.2. The van der Waals surface area contributed by atoms with Gasteiger partial charge in [0.05, 0.1) is 45.6 Å². The molecule has 0 aliphatic carbocycles. The molecule has 13 heteroatoms. The minimum absolute atomic E-state index is 0. The summed E-state index contributed by atoms with van der Waals surface area (Å²) in [5.41, 5.74) is 3.94. The molecular formula is C31H18N12Pd. The number of imidazole rings is 2. The first-order valence-electron chi connectivity index (χ1n) is 13.2. The van der Waals surface area contributed by atoms with Crippen LogP contribution in [0, 0.1) is 12.7 Å². The van der Waals surface area contributed by atoms with Crippen molar-refractivity contribution in [2.75, 3.05) is 0 Å². The molecule has 8 rings (SSSR count). The van der Waals surface area contributed by atoms with E-state index in [-0.39, 0.29) is 20.4 Å². The predicted molar refractivity (Wildman–Crippen MR) is 154 cm³/mol. The van der Waals surface area contributed by atoms with E-state index in [1.807, 2.05) is 60.7 Å². The second-order valence-electron chi connectivity index (χ2n) is 9.51. The summed E-state index contributed by atoms with van der Waals surface area (Å²) in [6, 6.07) is 20.1. The van der Waals surface area contributed by atoms with Gasteiger partial charge in [-0.15, -0.1) is 0 Å². The van der Waals surface area contributed by atoms with E-state index in [2.05, 4.69) is 52.5 Å². The van der Waals surface area contributed by atoms with Gasteiger partial charge in [-0.2, -0.15) is 0 Å². The number of nitrogens with zero attached hydrogens (tertiary/aromatic N) is 12. The number of benzene rings is 2. The molecule has 0 saturated carbocycles. The number of aromatic nitrogens is 12. The van der Waals surface area contributed by atoms with Crippen LogP contribution in [0.15, 0.2) is 110 Å². The van der Waals surface area contributed by atoms with Gasteiger partial charge < -0.3 is 19.1 Å². The fourth-order valence-corrected chi connectivity index (χ4v) is 5.28. The van der Waals surface area contributed by atoms with E-state index in [1.54, 1.807) is 58.7 Å². The van der Waals surface area contributed by atoms with Crippen LogP contribution in [0.2, 0.25) is 0 Å². The molecule has 0 N–H and O–H groups in total. The van der Waals surface area contributed by atoms with Crippen molar-refractivity contribution in [2.24, 2.45) is 0 Å². The maximum absolute atomic E-state index is 5.15. The third-order valence-electron chi connectivity index (χ3n) is 7.14. The van der Waals surface area contributed by atoms with Crippen molar-refractivity contribution in [2.45, 2.75) is 5.41 Å². The molecule has 0 atom stereocenters. The first-order valence-corrected chi connectivity index (χ1v) is 13.2. The quantitative estimate of drug-likeness (QED) is 0.192. The third-order valence-corrected chi connectivity index (χ3v) is 7.14. The Bertz CT molecular complexity index is 2060. The van der Waals surface area contributed by atoms with Crippen LogP contribution >= 0.6 is 0 Å². The molecule has 0 spiro atoms. The summed E-state index contributed by atoms with van der Waals surface area (Å²) in [6.07, 6.45) is 19.1. The Morgan fingerprint density at radius 2 is 0.955 bits per heavy atom. The summed E-state index contributed by atoms with van der Waals surface area (Å²) < 4.78 is 3.29. The Morgan fingerprint density at radius 3 is 1.41 bits per heavy atom. The number of rotatable bonds is 6. The van der Waals surface area contributed by atoms with Crippen molar-refractivity contribution >= 4 is 22.6 Å². The molecule has 44 heavy (non-hydrogen) atoms. The van der Waals surface area contributed by atoms with Crippen LogP contribution in [-0.4, -0.2) is 59.0 Å². The zero-order chi connectivity index (χ0) is 28.6. The average molecular weight is 665 g/mol. The minimum atomic E-state index is -1.04. The van der Waals surface area contributed by atoms with Gasteiger partial charge in [0.2, 0.25) is 0 Å². The zero-order valence-electron chi connectivity index (χ0n) is 22.6. The van der Waals surface area contributed by atoms with Crippen molar-refractivity contribution in [1.82, 2.24) is 59.0 Å². The largest absolute Gasteiger partial charge is 2.00 e. The molecule has 6 heterocycles. The smallest absolute Gasteiger partial charge is 0.394 e. The standard InChI is InChI=1S/C31H18N12.Pd/c1-3-7-21(8-4-1)31(22-9-5-2-6-10-22,23-15-32-17-25(40-23)42-19-38-27-29(42)36-13-11-34-27)24-16-33-18-26(41-24)43-20-39-28-30(43)37-14-12-35-28;/h1-18H;/q-2;+2. The van der Waals surface area contributed by atoms with E-state index < -0.39 is 5.41 Å². The predicted octanol–water partition coefficient (Wildman–Crippen LogP) is 3.50. The minimum Gasteiger partial charge on any atom is -0.394 e. The summed E-state index contributed by atoms with van der Waals surface area (Å²) in [5, 5.41) is 0. The van der Waals surface area contributed by atoms with Crippen LogP contribution in [0.3, 0.4) is 0 Å². The van der Waals surface area contributed by atoms with E-state index in [9.17, 15) is 0 Å². The van der Waals surface area contributed by atoms with Gasteiger partial charge in [0.15, 0.2) is 0 Å². The van der Waals surface area contributed by atoms with Crippen LogP contribution < -0.4 is 0 Å². The van der Waals surface area contributed by atoms with Crippen LogP contribution in [0.1, 0.15) is 22.5 Å². The maximum Gasteiger partial charge on any atom is 2.00 e. The molecule has 6 aromatic heterocycles. The van der Waals surface area contributed by atoms with Gasteiger partial charge in [0.25, 0.3) is 0 Å². The van der Waals surface area contributed by atoms with Crippen molar-refractivity contribution in [3.05, 3.63) is 145 Å². The summed E-state index contributed by atoms with van der Waals surface area (Å²) in [4.78, 5) is 45.6. The second kappa shape index (κ2) is 11.2. The summed E-state index contributed by atoms with van der Waals surface area (Å²) in [5.74, 6) is 0.954. The molecule has 0 aliphatic rings. The zero-order valence-corrected chi connectivity index (χ0v) is 24.1. The van der Waals surface area contributed by atoms with Crippen LogP contribution in [0.25, 0.3) is 34.2 Å². The van der Waals surface area contributed by atoms with Crippen molar-refractivity contribution < 1.29 is 20.4 Å². The Balaban J connectivity index is 0.00000312. The van der Waals surface area contributed by atoms with Gasteiger partial charge >= 0.3 is 20.4 Å². The molecule has 8 aromatic rings. The maximum atomic E-state index is 5.15. The van der Waals surface area contributed by atoms with E-state index in [0.717, 1.165) is 11.1 Å². The van der Waals surface area contributed by atoms with Gasteiger partial charge in [-0.3, -0.25) is 39.9 Å². The third kappa shape index (κ3) is 4.34. The van der Waals surface area contributed by atoms with Crippen LogP contribution in [-0.2, 0) is 25.8 Å². The van der Waals surface area contributed by atoms with Gasteiger partial charge in [-0.25, -0.2) is 0 Å². The number of fused-ring (bicyclic) bond motifs is 2. The monoisotopic (exact) mass is 664 g/mol. The second-order valence-corrected chi connectivity index (χ2v) is 9.51. The summed E-state index contributed by atoms with van der Waals surface area (Å²) in [7, 11) is 0. The topological polar surface area (TPSA) is 139 Å². The molecule has 12 nitrogen and oxygen atoms in total. The Morgan fingerprint density at radius 1 is 0.523 bits per heavy atom.